The quantitative estimate of drug-likeness (QED) is 0.603. The zero-order chi connectivity index (χ0) is 18.6. The van der Waals surface area contributed by atoms with Crippen LogP contribution in [-0.4, -0.2) is 42.5 Å². The second kappa shape index (κ2) is 8.03. The summed E-state index contributed by atoms with van der Waals surface area (Å²) in [6.07, 6.45) is 0. The Morgan fingerprint density at radius 2 is 1.17 bits per heavy atom. The summed E-state index contributed by atoms with van der Waals surface area (Å²) >= 11 is 0.646. The molecule has 0 aliphatic carbocycles. The Labute approximate surface area is 148 Å². The maximum Gasteiger partial charge on any atom is 0.190 e. The van der Waals surface area contributed by atoms with Crippen LogP contribution in [0, 0.1) is 0 Å². The van der Waals surface area contributed by atoms with Gasteiger partial charge in [0.15, 0.2) is 33.7 Å². The lowest BCUT2D eigenvalue weighted by Crippen LogP contribution is -2.22. The molecule has 0 spiro atoms. The van der Waals surface area contributed by atoms with Gasteiger partial charge in [-0.1, -0.05) is 50.7 Å². The minimum atomic E-state index is -4.25. The van der Waals surface area contributed by atoms with Crippen LogP contribution >= 0.6 is 11.8 Å². The number of hydrogen-bond donors (Lipinski definition) is 0. The fourth-order valence-electron chi connectivity index (χ4n) is 1.67. The molecule has 1 aromatic carbocycles. The lowest BCUT2D eigenvalue weighted by atomic mass is 10.4. The Morgan fingerprint density at radius 3 is 1.54 bits per heavy atom. The summed E-state index contributed by atoms with van der Waals surface area (Å²) in [5.41, 5.74) is 0. The molecule has 1 aromatic rings. The molecular weight excluding hydrogens is 392 g/mol. The molecule has 0 N–H and O–H groups in total. The van der Waals surface area contributed by atoms with Crippen molar-refractivity contribution in [2.45, 2.75) is 25.7 Å². The van der Waals surface area contributed by atoms with Gasteiger partial charge in [0.2, 0.25) is 0 Å². The van der Waals surface area contributed by atoms with E-state index in [2.05, 4.69) is 0 Å². The third-order valence-corrected chi connectivity index (χ3v) is 11.6. The van der Waals surface area contributed by atoms with Gasteiger partial charge in [0, 0.05) is 4.90 Å². The van der Waals surface area contributed by atoms with Crippen LogP contribution < -0.4 is 0 Å². The first kappa shape index (κ1) is 21.2. The molecule has 1 rings (SSSR count). The van der Waals surface area contributed by atoms with E-state index in [1.54, 1.807) is 30.3 Å². The van der Waals surface area contributed by atoms with Crippen LogP contribution in [0.25, 0.3) is 0 Å². The first-order valence-corrected chi connectivity index (χ1v) is 12.9. The van der Waals surface area contributed by atoms with Gasteiger partial charge >= 0.3 is 0 Å². The summed E-state index contributed by atoms with van der Waals surface area (Å²) in [5.74, 6) is -1.40. The van der Waals surface area contributed by atoms with Gasteiger partial charge in [0.1, 0.15) is 4.24 Å². The standard InChI is InChI=1S/C14H20O6S4/c1-4-22(15,16)13(21-12-10-8-7-9-11-12)14(23(17,18)5-2)24(19,20)6-3/h7-11H,4-6H2,1-3H3. The van der Waals surface area contributed by atoms with Crippen molar-refractivity contribution < 1.29 is 25.3 Å². The van der Waals surface area contributed by atoms with Crippen LogP contribution in [0.2, 0.25) is 0 Å². The number of sulfone groups is 3. The fraction of sp³-hybridized carbons (Fsp3) is 0.429. The average molecular weight is 413 g/mol. The lowest BCUT2D eigenvalue weighted by Gasteiger charge is -2.14. The third kappa shape index (κ3) is 4.84. The molecule has 0 aliphatic rings. The van der Waals surface area contributed by atoms with Crippen LogP contribution in [0.3, 0.4) is 0 Å². The molecule has 0 bridgehead atoms. The van der Waals surface area contributed by atoms with Crippen LogP contribution in [0.5, 0.6) is 0 Å². The summed E-state index contributed by atoms with van der Waals surface area (Å²) in [7, 11) is -12.6. The van der Waals surface area contributed by atoms with E-state index in [4.69, 9.17) is 0 Å². The van der Waals surface area contributed by atoms with E-state index in [0.717, 1.165) is 0 Å². The zero-order valence-electron chi connectivity index (χ0n) is 13.6. The first-order valence-electron chi connectivity index (χ1n) is 7.17. The minimum Gasteiger partial charge on any atom is -0.223 e. The molecule has 10 heteroatoms. The molecule has 24 heavy (non-hydrogen) atoms. The summed E-state index contributed by atoms with van der Waals surface area (Å²) in [6.45, 7) is 3.91. The fourth-order valence-corrected chi connectivity index (χ4v) is 9.75. The van der Waals surface area contributed by atoms with Gasteiger partial charge in [-0.2, -0.15) is 0 Å². The van der Waals surface area contributed by atoms with Gasteiger partial charge in [0.25, 0.3) is 0 Å². The van der Waals surface area contributed by atoms with E-state index in [-0.39, 0.29) is 0 Å². The summed E-state index contributed by atoms with van der Waals surface area (Å²) in [5, 5.41) is 0. The van der Waals surface area contributed by atoms with Crippen molar-refractivity contribution in [3.8, 4) is 0 Å². The van der Waals surface area contributed by atoms with Crippen molar-refractivity contribution in [1.29, 1.82) is 0 Å². The van der Waals surface area contributed by atoms with Crippen molar-refractivity contribution in [1.82, 2.24) is 0 Å². The normalized spacial score (nSPS) is 12.8. The van der Waals surface area contributed by atoms with E-state index in [9.17, 15) is 25.3 Å². The van der Waals surface area contributed by atoms with E-state index in [1.165, 1.54) is 20.8 Å². The molecule has 0 saturated carbocycles. The smallest absolute Gasteiger partial charge is 0.190 e. The van der Waals surface area contributed by atoms with E-state index >= 15 is 0 Å². The molecule has 6 nitrogen and oxygen atoms in total. The van der Waals surface area contributed by atoms with Crippen LogP contribution in [-0.2, 0) is 29.5 Å². The van der Waals surface area contributed by atoms with Crippen molar-refractivity contribution in [3.05, 3.63) is 38.8 Å². The van der Waals surface area contributed by atoms with E-state index in [0.29, 0.717) is 16.7 Å². The Hall–Kier alpha value is -0.840. The molecular formula is C14H20O6S4. The molecule has 0 amide bonds. The largest absolute Gasteiger partial charge is 0.223 e. The van der Waals surface area contributed by atoms with Crippen molar-refractivity contribution >= 4 is 41.3 Å². The van der Waals surface area contributed by atoms with Crippen LogP contribution in [0.15, 0.2) is 43.7 Å². The van der Waals surface area contributed by atoms with Gasteiger partial charge < -0.3 is 0 Å². The summed E-state index contributed by atoms with van der Waals surface area (Å²) in [6, 6.07) is 8.20. The molecule has 0 atom stereocenters. The molecule has 0 radical (unpaired) electrons. The van der Waals surface area contributed by atoms with Crippen molar-refractivity contribution in [3.63, 3.8) is 0 Å². The third-order valence-electron chi connectivity index (χ3n) is 3.11. The second-order valence-corrected chi connectivity index (χ2v) is 12.9. The SMILES string of the molecule is CCS(=O)(=O)C(Sc1ccccc1)=C(S(=O)(=O)CC)S(=O)(=O)CC. The number of hydrogen-bond acceptors (Lipinski definition) is 7. The Balaban J connectivity index is 3.89. The second-order valence-electron chi connectivity index (χ2n) is 4.70. The van der Waals surface area contributed by atoms with Crippen molar-refractivity contribution in [2.75, 3.05) is 17.3 Å². The van der Waals surface area contributed by atoms with Crippen LogP contribution in [0.4, 0.5) is 0 Å². The molecule has 0 unspecified atom stereocenters. The van der Waals surface area contributed by atoms with Gasteiger partial charge in [-0.05, 0) is 12.1 Å². The molecule has 0 heterocycles. The van der Waals surface area contributed by atoms with Gasteiger partial charge in [-0.15, -0.1) is 0 Å². The molecule has 0 saturated heterocycles. The predicted octanol–water partition coefficient (Wildman–Crippen LogP) is 2.21. The first-order chi connectivity index (χ1) is 11.0. The molecule has 0 fully saturated rings. The van der Waals surface area contributed by atoms with E-state index < -0.39 is 55.2 Å². The van der Waals surface area contributed by atoms with Gasteiger partial charge in [-0.25, -0.2) is 25.3 Å². The predicted molar refractivity (Wildman–Crippen MR) is 97.7 cm³/mol. The Kier molecular flexibility index (Phi) is 7.09. The van der Waals surface area contributed by atoms with Gasteiger partial charge in [-0.3, -0.25) is 0 Å². The summed E-state index contributed by atoms with van der Waals surface area (Å²) in [4.78, 5) is 0.444. The number of benzene rings is 1. The molecule has 0 aliphatic heterocycles. The maximum atomic E-state index is 12.5. The number of rotatable bonds is 8. The topological polar surface area (TPSA) is 102 Å². The highest BCUT2D eigenvalue weighted by molar-refractivity contribution is 8.22. The molecule has 0 aromatic heterocycles. The highest BCUT2D eigenvalue weighted by Crippen LogP contribution is 2.37. The number of thioether (sulfide) groups is 1. The molecule has 136 valence electrons. The maximum absolute atomic E-state index is 12.5. The minimum absolute atomic E-state index is 0.399. The van der Waals surface area contributed by atoms with Crippen molar-refractivity contribution in [2.24, 2.45) is 0 Å². The lowest BCUT2D eigenvalue weighted by molar-refractivity contribution is 0.593. The van der Waals surface area contributed by atoms with E-state index in [1.807, 2.05) is 0 Å². The zero-order valence-corrected chi connectivity index (χ0v) is 16.9. The van der Waals surface area contributed by atoms with Crippen LogP contribution in [0.1, 0.15) is 20.8 Å². The average Bonchev–Trinajstić information content (AvgIpc) is 2.54. The summed E-state index contributed by atoms with van der Waals surface area (Å²) < 4.78 is 72.8. The highest BCUT2D eigenvalue weighted by atomic mass is 32.3. The Morgan fingerprint density at radius 1 is 0.750 bits per heavy atom. The van der Waals surface area contributed by atoms with Gasteiger partial charge in [0.05, 0.1) is 17.3 Å². The monoisotopic (exact) mass is 412 g/mol. The Bertz CT molecular complexity index is 875. The highest BCUT2D eigenvalue weighted by Gasteiger charge is 2.37.